The average molecular weight is 270 g/mol. The van der Waals surface area contributed by atoms with Crippen molar-refractivity contribution in [1.29, 1.82) is 0 Å². The van der Waals surface area contributed by atoms with Crippen molar-refractivity contribution in [3.05, 3.63) is 35.4 Å². The van der Waals surface area contributed by atoms with Crippen LogP contribution in [0.1, 0.15) is 12.5 Å². The number of benzene rings is 1. The molecule has 0 amide bonds. The summed E-state index contributed by atoms with van der Waals surface area (Å²) in [6.07, 6.45) is 0. The predicted octanol–water partition coefficient (Wildman–Crippen LogP) is 1.17. The zero-order valence-electron chi connectivity index (χ0n) is 10.6. The number of carboxylic acid groups (broad SMARTS) is 1. The topological polar surface area (TPSA) is 52.6 Å². The van der Waals surface area contributed by atoms with Gasteiger partial charge < -0.3 is 10.4 Å². The summed E-state index contributed by atoms with van der Waals surface area (Å²) < 4.78 is 26.9. The Bertz CT molecular complexity index is 490. The lowest BCUT2D eigenvalue weighted by molar-refractivity contribution is -0.152. The molecule has 0 aliphatic carbocycles. The first-order valence-corrected chi connectivity index (χ1v) is 6.11. The molecule has 0 radical (unpaired) electrons. The highest BCUT2D eigenvalue weighted by atomic mass is 19.1. The molecule has 0 saturated carbocycles. The third-order valence-electron chi connectivity index (χ3n) is 3.62. The molecular formula is C13H16F2N2O2. The fourth-order valence-corrected chi connectivity index (χ4v) is 2.42. The molecule has 0 bridgehead atoms. The molecule has 0 aromatic heterocycles. The number of rotatable bonds is 3. The molecule has 6 heteroatoms. The molecular weight excluding hydrogens is 254 g/mol. The summed E-state index contributed by atoms with van der Waals surface area (Å²) in [5.74, 6) is -2.68. The van der Waals surface area contributed by atoms with Crippen LogP contribution in [0.2, 0.25) is 0 Å². The second-order valence-electron chi connectivity index (χ2n) is 4.74. The first-order valence-electron chi connectivity index (χ1n) is 6.11. The number of hydrogen-bond donors (Lipinski definition) is 2. The van der Waals surface area contributed by atoms with Crippen molar-refractivity contribution >= 4 is 5.97 Å². The van der Waals surface area contributed by atoms with E-state index in [-0.39, 0.29) is 5.56 Å². The smallest absolute Gasteiger partial charge is 0.328 e. The summed E-state index contributed by atoms with van der Waals surface area (Å²) in [5, 5.41) is 12.6. The lowest BCUT2D eigenvalue weighted by atomic mass is 9.89. The first kappa shape index (κ1) is 13.9. The summed E-state index contributed by atoms with van der Waals surface area (Å²) in [6, 6.07) is 3.02. The lowest BCUT2D eigenvalue weighted by Crippen LogP contribution is -2.57. The van der Waals surface area contributed by atoms with Crippen LogP contribution in [-0.4, -0.2) is 42.2 Å². The maximum atomic E-state index is 13.9. The molecule has 1 aromatic carbocycles. The molecule has 2 rings (SSSR count). The van der Waals surface area contributed by atoms with Crippen LogP contribution < -0.4 is 5.32 Å². The quantitative estimate of drug-likeness (QED) is 0.865. The van der Waals surface area contributed by atoms with Gasteiger partial charge in [-0.25, -0.2) is 13.6 Å². The Labute approximate surface area is 110 Å². The predicted molar refractivity (Wildman–Crippen MR) is 65.8 cm³/mol. The van der Waals surface area contributed by atoms with Gasteiger partial charge in [0.1, 0.15) is 17.2 Å². The van der Waals surface area contributed by atoms with Crippen LogP contribution in [-0.2, 0) is 10.3 Å². The minimum Gasteiger partial charge on any atom is -0.480 e. The number of carboxylic acids is 1. The number of nitrogens with zero attached hydrogens (tertiary/aromatic N) is 1. The van der Waals surface area contributed by atoms with E-state index in [1.165, 1.54) is 13.0 Å². The fourth-order valence-electron chi connectivity index (χ4n) is 2.42. The van der Waals surface area contributed by atoms with E-state index in [0.717, 1.165) is 12.1 Å². The highest BCUT2D eigenvalue weighted by Crippen LogP contribution is 2.31. The van der Waals surface area contributed by atoms with Crippen LogP contribution in [0.15, 0.2) is 18.2 Å². The number of piperazine rings is 1. The van der Waals surface area contributed by atoms with E-state index in [1.807, 2.05) is 0 Å². The fraction of sp³-hybridized carbons (Fsp3) is 0.462. The number of carbonyl (C=O) groups is 1. The highest BCUT2D eigenvalue weighted by Gasteiger charge is 2.43. The van der Waals surface area contributed by atoms with Crippen LogP contribution in [0.3, 0.4) is 0 Å². The third-order valence-corrected chi connectivity index (χ3v) is 3.62. The second-order valence-corrected chi connectivity index (χ2v) is 4.74. The molecule has 1 aliphatic heterocycles. The standard InChI is InChI=1S/C13H16F2N2O2/c1-13(12(18)19,17-6-4-16-5-7-17)10-3-2-9(14)8-11(10)15/h2-3,8,16H,4-7H2,1H3,(H,18,19). The van der Waals surface area contributed by atoms with Crippen molar-refractivity contribution in [3.63, 3.8) is 0 Å². The van der Waals surface area contributed by atoms with Crippen molar-refractivity contribution in [2.24, 2.45) is 0 Å². The molecule has 1 aliphatic rings. The van der Waals surface area contributed by atoms with Gasteiger partial charge in [0.15, 0.2) is 0 Å². The average Bonchev–Trinajstić information content (AvgIpc) is 2.38. The van der Waals surface area contributed by atoms with Gasteiger partial charge in [-0.2, -0.15) is 0 Å². The molecule has 0 spiro atoms. The van der Waals surface area contributed by atoms with E-state index in [4.69, 9.17) is 0 Å². The van der Waals surface area contributed by atoms with E-state index < -0.39 is 23.1 Å². The van der Waals surface area contributed by atoms with Crippen molar-refractivity contribution in [1.82, 2.24) is 10.2 Å². The van der Waals surface area contributed by atoms with E-state index >= 15 is 0 Å². The maximum Gasteiger partial charge on any atom is 0.328 e. The van der Waals surface area contributed by atoms with Crippen LogP contribution in [0.4, 0.5) is 8.78 Å². The minimum atomic E-state index is -1.49. The number of nitrogens with one attached hydrogen (secondary N) is 1. The molecule has 1 heterocycles. The summed E-state index contributed by atoms with van der Waals surface area (Å²) in [6.45, 7) is 3.74. The zero-order chi connectivity index (χ0) is 14.0. The Kier molecular flexibility index (Phi) is 3.82. The van der Waals surface area contributed by atoms with Crippen molar-refractivity contribution < 1.29 is 18.7 Å². The Morgan fingerprint density at radius 3 is 2.53 bits per heavy atom. The number of hydrogen-bond acceptors (Lipinski definition) is 3. The van der Waals surface area contributed by atoms with E-state index in [2.05, 4.69) is 5.32 Å². The highest BCUT2D eigenvalue weighted by molar-refractivity contribution is 5.80. The largest absolute Gasteiger partial charge is 0.480 e. The van der Waals surface area contributed by atoms with Crippen molar-refractivity contribution in [2.75, 3.05) is 26.2 Å². The van der Waals surface area contributed by atoms with Crippen LogP contribution in [0.5, 0.6) is 0 Å². The van der Waals surface area contributed by atoms with Gasteiger partial charge in [0.2, 0.25) is 0 Å². The number of aliphatic carboxylic acids is 1. The molecule has 1 fully saturated rings. The monoisotopic (exact) mass is 270 g/mol. The minimum absolute atomic E-state index is 0.0108. The van der Waals surface area contributed by atoms with Crippen LogP contribution in [0, 0.1) is 11.6 Å². The Hall–Kier alpha value is -1.53. The second kappa shape index (κ2) is 5.22. The normalized spacial score (nSPS) is 19.9. The maximum absolute atomic E-state index is 13.9. The van der Waals surface area contributed by atoms with Gasteiger partial charge in [-0.05, 0) is 13.0 Å². The molecule has 1 atom stereocenters. The molecule has 1 saturated heterocycles. The summed E-state index contributed by atoms with van der Waals surface area (Å²) in [7, 11) is 0. The van der Waals surface area contributed by atoms with Crippen LogP contribution >= 0.6 is 0 Å². The van der Waals surface area contributed by atoms with Gasteiger partial charge >= 0.3 is 5.97 Å². The number of halogens is 2. The summed E-state index contributed by atoms with van der Waals surface area (Å²) in [4.78, 5) is 13.3. The first-order chi connectivity index (χ1) is 8.96. The summed E-state index contributed by atoms with van der Waals surface area (Å²) >= 11 is 0. The van der Waals surface area contributed by atoms with E-state index in [1.54, 1.807) is 4.90 Å². The molecule has 19 heavy (non-hydrogen) atoms. The van der Waals surface area contributed by atoms with E-state index in [9.17, 15) is 18.7 Å². The van der Waals surface area contributed by atoms with E-state index in [0.29, 0.717) is 26.2 Å². The molecule has 4 nitrogen and oxygen atoms in total. The molecule has 2 N–H and O–H groups in total. The van der Waals surface area contributed by atoms with Gasteiger partial charge in [-0.1, -0.05) is 6.07 Å². The zero-order valence-corrected chi connectivity index (χ0v) is 10.6. The molecule has 104 valence electrons. The Morgan fingerprint density at radius 1 is 1.37 bits per heavy atom. The van der Waals surface area contributed by atoms with Gasteiger partial charge in [-0.3, -0.25) is 4.90 Å². The van der Waals surface area contributed by atoms with Crippen molar-refractivity contribution in [3.8, 4) is 0 Å². The molecule has 1 unspecified atom stereocenters. The third kappa shape index (κ3) is 2.46. The van der Waals surface area contributed by atoms with Gasteiger partial charge in [0.25, 0.3) is 0 Å². The molecule has 1 aromatic rings. The van der Waals surface area contributed by atoms with Crippen molar-refractivity contribution in [2.45, 2.75) is 12.5 Å². The van der Waals surface area contributed by atoms with Gasteiger partial charge in [0.05, 0.1) is 0 Å². The SMILES string of the molecule is CC(C(=O)O)(c1ccc(F)cc1F)N1CCNCC1. The van der Waals surface area contributed by atoms with Gasteiger partial charge in [-0.15, -0.1) is 0 Å². The summed E-state index contributed by atoms with van der Waals surface area (Å²) in [5.41, 5.74) is -1.50. The Morgan fingerprint density at radius 2 is 2.00 bits per heavy atom. The van der Waals surface area contributed by atoms with Gasteiger partial charge in [0, 0.05) is 37.8 Å². The van der Waals surface area contributed by atoms with Crippen LogP contribution in [0.25, 0.3) is 0 Å². The Balaban J connectivity index is 2.46. The lowest BCUT2D eigenvalue weighted by Gasteiger charge is -2.40.